The Bertz CT molecular complexity index is 1760. The number of aromatic nitrogens is 6. The molecule has 10 nitrogen and oxygen atoms in total. The van der Waals surface area contributed by atoms with E-state index in [-0.39, 0.29) is 11.6 Å². The van der Waals surface area contributed by atoms with E-state index in [0.717, 1.165) is 6.07 Å². The second-order valence-corrected chi connectivity index (χ2v) is 9.20. The number of hydrogen-bond acceptors (Lipinski definition) is 8. The van der Waals surface area contributed by atoms with Gasteiger partial charge in [0, 0.05) is 42.1 Å². The van der Waals surface area contributed by atoms with E-state index in [1.165, 1.54) is 37.8 Å². The van der Waals surface area contributed by atoms with Crippen LogP contribution in [0.15, 0.2) is 54.7 Å². The molecule has 5 aromatic rings. The third kappa shape index (κ3) is 5.32. The van der Waals surface area contributed by atoms with Crippen LogP contribution in [0, 0.1) is 6.92 Å². The van der Waals surface area contributed by atoms with E-state index in [1.807, 2.05) is 0 Å². The Morgan fingerprint density at radius 1 is 0.690 bits per heavy atom. The molecule has 0 N–H and O–H groups in total. The molecule has 0 spiro atoms. The van der Waals surface area contributed by atoms with Gasteiger partial charge in [-0.25, -0.2) is 9.97 Å². The van der Waals surface area contributed by atoms with Crippen molar-refractivity contribution in [3.8, 4) is 62.7 Å². The van der Waals surface area contributed by atoms with E-state index >= 15 is 0 Å². The van der Waals surface area contributed by atoms with Gasteiger partial charge >= 0.3 is 6.18 Å². The standard InChI is InChI=1S/C29H27F3N6O4/c1-16-21(15-37(2)35-16)22-14-27(29(30,31)32)34-28(33-22)38-24(20-10-8-18(40-4)12-26(20)42-6)13-23(36-38)19-9-7-17(39-3)11-25(19)41-5/h7-15H,1-6H3. The monoisotopic (exact) mass is 580 g/mol. The lowest BCUT2D eigenvalue weighted by Crippen LogP contribution is -2.14. The van der Waals surface area contributed by atoms with Crippen molar-refractivity contribution >= 4 is 0 Å². The smallest absolute Gasteiger partial charge is 0.433 e. The molecule has 3 heterocycles. The Balaban J connectivity index is 1.81. The van der Waals surface area contributed by atoms with Crippen molar-refractivity contribution in [2.45, 2.75) is 13.1 Å². The van der Waals surface area contributed by atoms with Crippen LogP contribution in [-0.4, -0.2) is 58.0 Å². The van der Waals surface area contributed by atoms with Crippen molar-refractivity contribution in [3.63, 3.8) is 0 Å². The Hall–Kier alpha value is -5.07. The van der Waals surface area contributed by atoms with Gasteiger partial charge in [-0.2, -0.15) is 28.1 Å². The molecule has 218 valence electrons. The summed E-state index contributed by atoms with van der Waals surface area (Å²) in [5.74, 6) is 1.64. The van der Waals surface area contributed by atoms with Crippen LogP contribution in [0.3, 0.4) is 0 Å². The number of halogens is 3. The summed E-state index contributed by atoms with van der Waals surface area (Å²) in [5, 5.41) is 8.95. The highest BCUT2D eigenvalue weighted by Gasteiger charge is 2.35. The summed E-state index contributed by atoms with van der Waals surface area (Å²) >= 11 is 0. The molecule has 3 aromatic heterocycles. The zero-order chi connectivity index (χ0) is 30.2. The topological polar surface area (TPSA) is 98.3 Å². The number of benzene rings is 2. The van der Waals surface area contributed by atoms with Crippen LogP contribution in [-0.2, 0) is 13.2 Å². The Kier molecular flexibility index (Phi) is 7.50. The first-order chi connectivity index (χ1) is 20.1. The van der Waals surface area contributed by atoms with E-state index in [1.54, 1.807) is 62.6 Å². The predicted molar refractivity (Wildman–Crippen MR) is 148 cm³/mol. The van der Waals surface area contributed by atoms with Crippen LogP contribution in [0.4, 0.5) is 13.2 Å². The zero-order valence-electron chi connectivity index (χ0n) is 23.6. The van der Waals surface area contributed by atoms with E-state index < -0.39 is 11.9 Å². The number of aryl methyl sites for hydroxylation is 2. The first kappa shape index (κ1) is 28.5. The fourth-order valence-corrected chi connectivity index (χ4v) is 4.54. The second kappa shape index (κ2) is 11.1. The van der Waals surface area contributed by atoms with Gasteiger partial charge in [0.1, 0.15) is 23.0 Å². The number of ether oxygens (including phenoxy) is 4. The maximum Gasteiger partial charge on any atom is 0.433 e. The second-order valence-electron chi connectivity index (χ2n) is 9.20. The van der Waals surface area contributed by atoms with Gasteiger partial charge in [-0.15, -0.1) is 0 Å². The highest BCUT2D eigenvalue weighted by Crippen LogP contribution is 2.40. The van der Waals surface area contributed by atoms with E-state index in [0.29, 0.717) is 56.8 Å². The van der Waals surface area contributed by atoms with Crippen LogP contribution in [0.2, 0.25) is 0 Å². The highest BCUT2D eigenvalue weighted by molar-refractivity contribution is 5.77. The van der Waals surface area contributed by atoms with Gasteiger partial charge in [-0.05, 0) is 43.3 Å². The SMILES string of the molecule is COc1ccc(-c2cc(-c3ccc(OC)cc3OC)n(-c3nc(-c4cn(C)nc4C)cc(C(F)(F)F)n3)n2)c(OC)c1. The van der Waals surface area contributed by atoms with Gasteiger partial charge in [0.05, 0.1) is 51.2 Å². The molecule has 0 bridgehead atoms. The predicted octanol–water partition coefficient (Wildman–Crippen LogP) is 5.76. The van der Waals surface area contributed by atoms with Gasteiger partial charge in [0.2, 0.25) is 0 Å². The molecule has 0 atom stereocenters. The number of hydrogen-bond donors (Lipinski definition) is 0. The van der Waals surface area contributed by atoms with Crippen LogP contribution < -0.4 is 18.9 Å². The van der Waals surface area contributed by atoms with Crippen LogP contribution in [0.1, 0.15) is 11.4 Å². The lowest BCUT2D eigenvalue weighted by atomic mass is 10.1. The molecule has 2 aromatic carbocycles. The fourth-order valence-electron chi connectivity index (χ4n) is 4.54. The molecule has 0 fully saturated rings. The molecular formula is C29H27F3N6O4. The molecular weight excluding hydrogens is 553 g/mol. The number of rotatable bonds is 8. The molecule has 5 rings (SSSR count). The van der Waals surface area contributed by atoms with Gasteiger partial charge < -0.3 is 18.9 Å². The molecule has 42 heavy (non-hydrogen) atoms. The summed E-state index contributed by atoms with van der Waals surface area (Å²) in [6, 6.07) is 12.9. The average Bonchev–Trinajstić information content (AvgIpc) is 3.58. The minimum Gasteiger partial charge on any atom is -0.497 e. The van der Waals surface area contributed by atoms with E-state index in [2.05, 4.69) is 15.1 Å². The first-order valence-corrected chi connectivity index (χ1v) is 12.6. The Morgan fingerprint density at radius 3 is 1.86 bits per heavy atom. The quantitative estimate of drug-likeness (QED) is 0.229. The highest BCUT2D eigenvalue weighted by atomic mass is 19.4. The third-order valence-corrected chi connectivity index (χ3v) is 6.56. The molecule has 0 saturated carbocycles. The molecule has 0 radical (unpaired) electrons. The van der Waals surface area contributed by atoms with E-state index in [4.69, 9.17) is 24.0 Å². The first-order valence-electron chi connectivity index (χ1n) is 12.6. The van der Waals surface area contributed by atoms with Crippen LogP contribution >= 0.6 is 0 Å². The fraction of sp³-hybridized carbons (Fsp3) is 0.241. The van der Waals surface area contributed by atoms with Gasteiger partial charge in [-0.3, -0.25) is 4.68 Å². The average molecular weight is 581 g/mol. The Labute approximate surface area is 239 Å². The van der Waals surface area contributed by atoms with Crippen molar-refractivity contribution in [1.82, 2.24) is 29.5 Å². The van der Waals surface area contributed by atoms with Gasteiger partial charge in [-0.1, -0.05) is 0 Å². The molecule has 13 heteroatoms. The van der Waals surface area contributed by atoms with Crippen molar-refractivity contribution in [2.75, 3.05) is 28.4 Å². The zero-order valence-corrected chi connectivity index (χ0v) is 23.6. The van der Waals surface area contributed by atoms with Crippen molar-refractivity contribution in [3.05, 3.63) is 66.1 Å². The van der Waals surface area contributed by atoms with Crippen molar-refractivity contribution in [1.29, 1.82) is 0 Å². The summed E-state index contributed by atoms with van der Waals surface area (Å²) in [7, 11) is 7.71. The number of nitrogens with zero attached hydrogens (tertiary/aromatic N) is 6. The van der Waals surface area contributed by atoms with Gasteiger partial charge in [0.15, 0.2) is 5.69 Å². The number of alkyl halides is 3. The maximum absolute atomic E-state index is 14.1. The molecule has 0 aliphatic rings. The molecule has 0 aliphatic heterocycles. The molecule has 0 saturated heterocycles. The third-order valence-electron chi connectivity index (χ3n) is 6.56. The Morgan fingerprint density at radius 2 is 1.31 bits per heavy atom. The molecule has 0 amide bonds. The maximum atomic E-state index is 14.1. The van der Waals surface area contributed by atoms with Crippen molar-refractivity contribution < 1.29 is 32.1 Å². The lowest BCUT2D eigenvalue weighted by molar-refractivity contribution is -0.141. The van der Waals surface area contributed by atoms with E-state index in [9.17, 15) is 13.2 Å². The normalized spacial score (nSPS) is 11.5. The van der Waals surface area contributed by atoms with Gasteiger partial charge in [0.25, 0.3) is 5.95 Å². The summed E-state index contributed by atoms with van der Waals surface area (Å²) in [6.07, 6.45) is -3.15. The minimum atomic E-state index is -4.75. The summed E-state index contributed by atoms with van der Waals surface area (Å²) in [4.78, 5) is 8.44. The molecule has 0 aliphatic carbocycles. The largest absolute Gasteiger partial charge is 0.497 e. The van der Waals surface area contributed by atoms with Crippen molar-refractivity contribution in [2.24, 2.45) is 7.05 Å². The summed E-state index contributed by atoms with van der Waals surface area (Å²) in [5.41, 5.74) is 1.71. The van der Waals surface area contributed by atoms with Crippen LogP contribution in [0.25, 0.3) is 39.7 Å². The number of methoxy groups -OCH3 is 4. The van der Waals surface area contributed by atoms with Crippen LogP contribution in [0.5, 0.6) is 23.0 Å². The summed E-state index contributed by atoms with van der Waals surface area (Å²) < 4.78 is 67.0. The minimum absolute atomic E-state index is 0.0460. The summed E-state index contributed by atoms with van der Waals surface area (Å²) in [6.45, 7) is 1.69. The molecule has 0 unspecified atom stereocenters. The lowest BCUT2D eigenvalue weighted by Gasteiger charge is -2.14.